The van der Waals surface area contributed by atoms with Gasteiger partial charge in [-0.3, -0.25) is 4.79 Å². The summed E-state index contributed by atoms with van der Waals surface area (Å²) in [6.45, 7) is 5.70. The van der Waals surface area contributed by atoms with E-state index >= 15 is 0 Å². The van der Waals surface area contributed by atoms with Crippen molar-refractivity contribution < 1.29 is 9.21 Å². The van der Waals surface area contributed by atoms with Gasteiger partial charge in [0.1, 0.15) is 5.52 Å². The molecule has 0 aliphatic rings. The summed E-state index contributed by atoms with van der Waals surface area (Å²) in [5.74, 6) is -0.142. The topological polar surface area (TPSA) is 55.1 Å². The van der Waals surface area contributed by atoms with Crippen LogP contribution in [0.2, 0.25) is 5.02 Å². The third-order valence-electron chi connectivity index (χ3n) is 3.60. The van der Waals surface area contributed by atoms with Gasteiger partial charge in [-0.2, -0.15) is 0 Å². The number of fused-ring (bicyclic) bond motifs is 1. The highest BCUT2D eigenvalue weighted by molar-refractivity contribution is 8.00. The Labute approximate surface area is 149 Å². The van der Waals surface area contributed by atoms with Crippen molar-refractivity contribution in [2.24, 2.45) is 0 Å². The average Bonchev–Trinajstić information content (AvgIpc) is 2.92. The van der Waals surface area contributed by atoms with E-state index in [0.717, 1.165) is 16.6 Å². The zero-order chi connectivity index (χ0) is 17.3. The Kier molecular flexibility index (Phi) is 4.83. The molecule has 0 aliphatic heterocycles. The number of carbonyl (C=O) groups is 1. The van der Waals surface area contributed by atoms with Gasteiger partial charge in [0.15, 0.2) is 5.58 Å². The molecule has 24 heavy (non-hydrogen) atoms. The number of thioether (sulfide) groups is 1. The van der Waals surface area contributed by atoms with Crippen LogP contribution < -0.4 is 5.32 Å². The molecule has 1 amide bonds. The Morgan fingerprint density at radius 2 is 2.04 bits per heavy atom. The molecule has 1 N–H and O–H groups in total. The Balaban J connectivity index is 1.73. The molecule has 3 aromatic rings. The van der Waals surface area contributed by atoms with Crippen LogP contribution in [0.5, 0.6) is 0 Å². The van der Waals surface area contributed by atoms with E-state index in [1.807, 2.05) is 57.2 Å². The number of nitrogens with zero attached hydrogens (tertiary/aromatic N) is 1. The van der Waals surface area contributed by atoms with Crippen molar-refractivity contribution in [1.82, 2.24) is 4.98 Å². The molecule has 0 saturated carbocycles. The number of hydrogen-bond donors (Lipinski definition) is 1. The van der Waals surface area contributed by atoms with Crippen LogP contribution in [-0.4, -0.2) is 16.1 Å². The monoisotopic (exact) mass is 360 g/mol. The summed E-state index contributed by atoms with van der Waals surface area (Å²) < 4.78 is 5.65. The number of amides is 1. The first-order valence-corrected chi connectivity index (χ1v) is 8.79. The lowest BCUT2D eigenvalue weighted by Gasteiger charge is -2.14. The molecule has 2 aromatic carbocycles. The minimum Gasteiger partial charge on any atom is -0.431 e. The SMILES string of the molecule is Cc1cc(C)c(NC(=O)[C@H](C)Sc2nc3ccccc3o2)c(Cl)c1. The maximum atomic E-state index is 12.5. The maximum Gasteiger partial charge on any atom is 0.257 e. The molecule has 0 saturated heterocycles. The van der Waals surface area contributed by atoms with E-state index in [2.05, 4.69) is 10.3 Å². The van der Waals surface area contributed by atoms with E-state index in [1.54, 1.807) is 0 Å². The van der Waals surface area contributed by atoms with E-state index in [1.165, 1.54) is 11.8 Å². The summed E-state index contributed by atoms with van der Waals surface area (Å²) in [5.41, 5.74) is 4.14. The van der Waals surface area contributed by atoms with Gasteiger partial charge in [0.25, 0.3) is 5.22 Å². The summed E-state index contributed by atoms with van der Waals surface area (Å²) in [6, 6.07) is 11.3. The van der Waals surface area contributed by atoms with Crippen LogP contribution in [-0.2, 0) is 4.79 Å². The van der Waals surface area contributed by atoms with Gasteiger partial charge in [-0.25, -0.2) is 4.98 Å². The second kappa shape index (κ2) is 6.87. The second-order valence-electron chi connectivity index (χ2n) is 5.64. The van der Waals surface area contributed by atoms with Crippen molar-refractivity contribution in [1.29, 1.82) is 0 Å². The first-order valence-electron chi connectivity index (χ1n) is 7.54. The Hall–Kier alpha value is -1.98. The van der Waals surface area contributed by atoms with Crippen molar-refractivity contribution in [3.63, 3.8) is 0 Å². The van der Waals surface area contributed by atoms with Crippen molar-refractivity contribution in [2.75, 3.05) is 5.32 Å². The quantitative estimate of drug-likeness (QED) is 0.648. The molecule has 6 heteroatoms. The van der Waals surface area contributed by atoms with E-state index < -0.39 is 0 Å². The summed E-state index contributed by atoms with van der Waals surface area (Å²) in [7, 11) is 0. The standard InChI is InChI=1S/C18H17ClN2O2S/c1-10-8-11(2)16(13(19)9-10)21-17(22)12(3)24-18-20-14-6-4-5-7-15(14)23-18/h4-9,12H,1-3H3,(H,21,22)/t12-/m0/s1. The minimum atomic E-state index is -0.366. The molecule has 0 radical (unpaired) electrons. The van der Waals surface area contributed by atoms with Gasteiger partial charge in [0, 0.05) is 0 Å². The molecule has 3 rings (SSSR count). The largest absolute Gasteiger partial charge is 0.431 e. The van der Waals surface area contributed by atoms with Crippen LogP contribution in [0.4, 0.5) is 5.69 Å². The number of para-hydroxylation sites is 2. The number of hydrogen-bond acceptors (Lipinski definition) is 4. The molecule has 1 atom stereocenters. The normalized spacial score (nSPS) is 12.3. The van der Waals surface area contributed by atoms with Crippen LogP contribution in [0, 0.1) is 13.8 Å². The van der Waals surface area contributed by atoms with E-state index in [9.17, 15) is 4.79 Å². The minimum absolute atomic E-state index is 0.142. The smallest absolute Gasteiger partial charge is 0.257 e. The van der Waals surface area contributed by atoms with Crippen molar-refractivity contribution in [2.45, 2.75) is 31.2 Å². The van der Waals surface area contributed by atoms with Crippen LogP contribution in [0.15, 0.2) is 46.0 Å². The predicted molar refractivity (Wildman–Crippen MR) is 98.9 cm³/mol. The molecule has 1 heterocycles. The summed E-state index contributed by atoms with van der Waals surface area (Å²) in [5, 5.41) is 3.55. The molecule has 124 valence electrons. The first-order chi connectivity index (χ1) is 11.4. The molecule has 0 spiro atoms. The van der Waals surface area contributed by atoms with E-state index in [4.69, 9.17) is 16.0 Å². The molecule has 1 aromatic heterocycles. The fourth-order valence-electron chi connectivity index (χ4n) is 2.41. The molecular formula is C18H17ClN2O2S. The second-order valence-corrected chi connectivity index (χ2v) is 7.33. The number of anilines is 1. The van der Waals surface area contributed by atoms with Crippen molar-refractivity contribution >= 4 is 46.1 Å². The fraction of sp³-hybridized carbons (Fsp3) is 0.222. The average molecular weight is 361 g/mol. The number of halogens is 1. The first kappa shape index (κ1) is 16.9. The van der Waals surface area contributed by atoms with Crippen LogP contribution in [0.1, 0.15) is 18.1 Å². The lowest BCUT2D eigenvalue weighted by molar-refractivity contribution is -0.115. The molecule has 0 unspecified atom stereocenters. The summed E-state index contributed by atoms with van der Waals surface area (Å²) in [6.07, 6.45) is 0. The molecule has 0 aliphatic carbocycles. The van der Waals surface area contributed by atoms with Crippen LogP contribution >= 0.6 is 23.4 Å². The predicted octanol–water partition coefficient (Wildman–Crippen LogP) is 5.22. The highest BCUT2D eigenvalue weighted by Gasteiger charge is 2.19. The number of aromatic nitrogens is 1. The maximum absolute atomic E-state index is 12.5. The summed E-state index contributed by atoms with van der Waals surface area (Å²) in [4.78, 5) is 16.8. The number of carbonyl (C=O) groups excluding carboxylic acids is 1. The summed E-state index contributed by atoms with van der Waals surface area (Å²) >= 11 is 7.52. The zero-order valence-electron chi connectivity index (χ0n) is 13.6. The van der Waals surface area contributed by atoms with Gasteiger partial charge < -0.3 is 9.73 Å². The van der Waals surface area contributed by atoms with Gasteiger partial charge in [-0.15, -0.1) is 0 Å². The van der Waals surface area contributed by atoms with Gasteiger partial charge in [-0.05, 0) is 50.1 Å². The van der Waals surface area contributed by atoms with E-state index in [-0.39, 0.29) is 11.2 Å². The van der Waals surface area contributed by atoms with Crippen molar-refractivity contribution in [3.8, 4) is 0 Å². The van der Waals surface area contributed by atoms with Gasteiger partial charge in [-0.1, -0.05) is 41.6 Å². The lowest BCUT2D eigenvalue weighted by Crippen LogP contribution is -2.23. The van der Waals surface area contributed by atoms with Crippen LogP contribution in [0.25, 0.3) is 11.1 Å². The number of aryl methyl sites for hydroxylation is 2. The third kappa shape index (κ3) is 3.57. The van der Waals surface area contributed by atoms with Crippen LogP contribution in [0.3, 0.4) is 0 Å². The Morgan fingerprint density at radius 3 is 2.75 bits per heavy atom. The van der Waals surface area contributed by atoms with E-state index in [0.29, 0.717) is 21.5 Å². The number of oxazole rings is 1. The number of benzene rings is 2. The van der Waals surface area contributed by atoms with Gasteiger partial charge in [0.05, 0.1) is 16.0 Å². The third-order valence-corrected chi connectivity index (χ3v) is 4.84. The fourth-order valence-corrected chi connectivity index (χ4v) is 3.53. The lowest BCUT2D eigenvalue weighted by atomic mass is 10.1. The zero-order valence-corrected chi connectivity index (χ0v) is 15.2. The van der Waals surface area contributed by atoms with Gasteiger partial charge in [0.2, 0.25) is 5.91 Å². The molecule has 0 bridgehead atoms. The molecular weight excluding hydrogens is 344 g/mol. The highest BCUT2D eigenvalue weighted by atomic mass is 35.5. The molecule has 4 nitrogen and oxygen atoms in total. The molecule has 0 fully saturated rings. The Morgan fingerprint density at radius 1 is 1.29 bits per heavy atom. The highest BCUT2D eigenvalue weighted by Crippen LogP contribution is 2.30. The Bertz CT molecular complexity index is 851. The van der Waals surface area contributed by atoms with Gasteiger partial charge >= 0.3 is 0 Å². The number of rotatable bonds is 4. The van der Waals surface area contributed by atoms with Crippen molar-refractivity contribution in [3.05, 3.63) is 52.5 Å². The number of nitrogens with one attached hydrogen (secondary N) is 1.